The Bertz CT molecular complexity index is 1060. The zero-order valence-corrected chi connectivity index (χ0v) is 15.9. The summed E-state index contributed by atoms with van der Waals surface area (Å²) in [6, 6.07) is 19.5. The van der Waals surface area contributed by atoms with Crippen LogP contribution >= 0.6 is 11.6 Å². The van der Waals surface area contributed by atoms with Crippen LogP contribution in [0.3, 0.4) is 0 Å². The van der Waals surface area contributed by atoms with Crippen LogP contribution in [0.5, 0.6) is 0 Å². The maximum Gasteiger partial charge on any atom is 0.269 e. The van der Waals surface area contributed by atoms with Crippen molar-refractivity contribution in [3.8, 4) is 0 Å². The van der Waals surface area contributed by atoms with E-state index < -0.39 is 4.92 Å². The number of aryl methyl sites for hydroxylation is 1. The number of carbonyl (C=O) groups is 1. The summed E-state index contributed by atoms with van der Waals surface area (Å²) in [7, 11) is 0. The van der Waals surface area contributed by atoms with E-state index in [1.807, 2.05) is 54.3 Å². The third-order valence-corrected chi connectivity index (χ3v) is 5.32. The topological polar surface area (TPSA) is 63.5 Å². The molecule has 0 spiro atoms. The number of nitrogens with zero attached hydrogens (tertiary/aromatic N) is 2. The predicted molar refractivity (Wildman–Crippen MR) is 107 cm³/mol. The standard InChI is InChI=1S/C22H17ClN2O3/c1-14-3-2-4-19-20(14)22(26)24(21(19)16-7-9-17(23)10-8-16)13-15-5-11-18(12-6-15)25(27)28/h2-12,21H,13H2,1H3. The third kappa shape index (κ3) is 3.14. The molecule has 28 heavy (non-hydrogen) atoms. The fourth-order valence-electron chi connectivity index (χ4n) is 3.73. The smallest absolute Gasteiger partial charge is 0.269 e. The van der Waals surface area contributed by atoms with E-state index >= 15 is 0 Å². The Morgan fingerprint density at radius 3 is 2.36 bits per heavy atom. The Balaban J connectivity index is 1.75. The van der Waals surface area contributed by atoms with Gasteiger partial charge in [-0.05, 0) is 41.3 Å². The molecule has 1 aliphatic rings. The second kappa shape index (κ2) is 7.09. The van der Waals surface area contributed by atoms with Gasteiger partial charge in [-0.15, -0.1) is 0 Å². The molecule has 1 unspecified atom stereocenters. The van der Waals surface area contributed by atoms with Gasteiger partial charge in [-0.2, -0.15) is 0 Å². The monoisotopic (exact) mass is 392 g/mol. The van der Waals surface area contributed by atoms with Crippen LogP contribution in [0, 0.1) is 17.0 Å². The van der Waals surface area contributed by atoms with Gasteiger partial charge in [-0.3, -0.25) is 14.9 Å². The molecule has 0 bridgehead atoms. The van der Waals surface area contributed by atoms with E-state index in [-0.39, 0.29) is 17.6 Å². The fraction of sp³-hybridized carbons (Fsp3) is 0.136. The Kier molecular flexibility index (Phi) is 4.61. The van der Waals surface area contributed by atoms with Gasteiger partial charge in [0.1, 0.15) is 0 Å². The molecule has 0 aliphatic carbocycles. The Hall–Kier alpha value is -3.18. The van der Waals surface area contributed by atoms with Crippen LogP contribution in [0.1, 0.15) is 38.7 Å². The molecule has 1 aliphatic heterocycles. The number of halogens is 1. The molecule has 3 aromatic rings. The molecule has 1 atom stereocenters. The summed E-state index contributed by atoms with van der Waals surface area (Å²) in [5.74, 6) is -0.0357. The largest absolute Gasteiger partial charge is 0.323 e. The van der Waals surface area contributed by atoms with E-state index in [4.69, 9.17) is 11.6 Å². The second-order valence-electron chi connectivity index (χ2n) is 6.85. The van der Waals surface area contributed by atoms with E-state index in [9.17, 15) is 14.9 Å². The lowest BCUT2D eigenvalue weighted by atomic mass is 9.95. The maximum atomic E-state index is 13.2. The van der Waals surface area contributed by atoms with Crippen LogP contribution in [-0.2, 0) is 6.54 Å². The lowest BCUT2D eigenvalue weighted by molar-refractivity contribution is -0.384. The molecule has 0 saturated heterocycles. The first-order valence-corrected chi connectivity index (χ1v) is 9.23. The van der Waals surface area contributed by atoms with Gasteiger partial charge in [0, 0.05) is 29.3 Å². The minimum atomic E-state index is -0.430. The van der Waals surface area contributed by atoms with Gasteiger partial charge in [-0.1, -0.05) is 54.1 Å². The van der Waals surface area contributed by atoms with Crippen molar-refractivity contribution < 1.29 is 9.72 Å². The minimum absolute atomic E-state index is 0.0323. The van der Waals surface area contributed by atoms with Crippen molar-refractivity contribution in [1.82, 2.24) is 4.90 Å². The quantitative estimate of drug-likeness (QED) is 0.447. The second-order valence-corrected chi connectivity index (χ2v) is 7.29. The molecule has 6 heteroatoms. The number of nitro groups is 1. The summed E-state index contributed by atoms with van der Waals surface area (Å²) < 4.78 is 0. The first-order valence-electron chi connectivity index (χ1n) is 8.85. The number of carbonyl (C=O) groups excluding carboxylic acids is 1. The van der Waals surface area contributed by atoms with Crippen LogP contribution in [0.4, 0.5) is 5.69 Å². The van der Waals surface area contributed by atoms with Crippen molar-refractivity contribution in [2.24, 2.45) is 0 Å². The lowest BCUT2D eigenvalue weighted by Gasteiger charge is -2.26. The van der Waals surface area contributed by atoms with Gasteiger partial charge in [0.25, 0.3) is 11.6 Å². The van der Waals surface area contributed by atoms with Gasteiger partial charge in [0.2, 0.25) is 0 Å². The van der Waals surface area contributed by atoms with Crippen molar-refractivity contribution in [1.29, 1.82) is 0 Å². The van der Waals surface area contributed by atoms with Gasteiger partial charge in [0.15, 0.2) is 0 Å². The first-order chi connectivity index (χ1) is 13.5. The highest BCUT2D eigenvalue weighted by molar-refractivity contribution is 6.30. The van der Waals surface area contributed by atoms with Gasteiger partial charge >= 0.3 is 0 Å². The molecular formula is C22H17ClN2O3. The van der Waals surface area contributed by atoms with Gasteiger partial charge < -0.3 is 4.90 Å². The fourth-order valence-corrected chi connectivity index (χ4v) is 3.85. The third-order valence-electron chi connectivity index (χ3n) is 5.07. The Morgan fingerprint density at radius 2 is 1.71 bits per heavy atom. The predicted octanol–water partition coefficient (Wildman–Crippen LogP) is 5.30. The summed E-state index contributed by atoms with van der Waals surface area (Å²) in [6.07, 6.45) is 0. The summed E-state index contributed by atoms with van der Waals surface area (Å²) in [4.78, 5) is 25.5. The Labute approximate surface area is 167 Å². The highest BCUT2D eigenvalue weighted by Gasteiger charge is 2.38. The molecule has 0 fully saturated rings. The van der Waals surface area contributed by atoms with Crippen LogP contribution < -0.4 is 0 Å². The lowest BCUT2D eigenvalue weighted by Crippen LogP contribution is -2.28. The first kappa shape index (κ1) is 18.2. The van der Waals surface area contributed by atoms with E-state index in [1.165, 1.54) is 12.1 Å². The average molecular weight is 393 g/mol. The van der Waals surface area contributed by atoms with Crippen molar-refractivity contribution in [3.05, 3.63) is 110 Å². The molecule has 3 aromatic carbocycles. The summed E-state index contributed by atoms with van der Waals surface area (Å²) in [5, 5.41) is 11.5. The van der Waals surface area contributed by atoms with E-state index in [1.54, 1.807) is 12.1 Å². The summed E-state index contributed by atoms with van der Waals surface area (Å²) >= 11 is 6.04. The van der Waals surface area contributed by atoms with Crippen LogP contribution in [-0.4, -0.2) is 15.7 Å². The molecule has 1 heterocycles. The number of non-ortho nitro benzene ring substituents is 1. The zero-order valence-electron chi connectivity index (χ0n) is 15.1. The van der Waals surface area contributed by atoms with E-state index in [0.29, 0.717) is 11.6 Å². The molecule has 0 radical (unpaired) electrons. The van der Waals surface area contributed by atoms with Crippen LogP contribution in [0.25, 0.3) is 0 Å². The van der Waals surface area contributed by atoms with Crippen molar-refractivity contribution in [2.45, 2.75) is 19.5 Å². The molecule has 0 aromatic heterocycles. The number of benzene rings is 3. The molecule has 1 amide bonds. The maximum absolute atomic E-state index is 13.2. The van der Waals surface area contributed by atoms with Crippen LogP contribution in [0.15, 0.2) is 66.7 Å². The number of fused-ring (bicyclic) bond motifs is 1. The minimum Gasteiger partial charge on any atom is -0.323 e. The number of rotatable bonds is 4. The van der Waals surface area contributed by atoms with E-state index in [2.05, 4.69) is 0 Å². The number of nitro benzene ring substituents is 1. The normalized spacial score (nSPS) is 15.6. The highest BCUT2D eigenvalue weighted by atomic mass is 35.5. The molecular weight excluding hydrogens is 376 g/mol. The Morgan fingerprint density at radius 1 is 1.04 bits per heavy atom. The molecule has 4 rings (SSSR count). The molecule has 0 N–H and O–H groups in total. The van der Waals surface area contributed by atoms with Crippen molar-refractivity contribution in [3.63, 3.8) is 0 Å². The summed E-state index contributed by atoms with van der Waals surface area (Å²) in [5.41, 5.74) is 4.48. The van der Waals surface area contributed by atoms with Gasteiger partial charge in [-0.25, -0.2) is 0 Å². The average Bonchev–Trinajstić information content (AvgIpc) is 2.96. The number of hydrogen-bond acceptors (Lipinski definition) is 3. The number of amides is 1. The molecule has 0 saturated carbocycles. The summed E-state index contributed by atoms with van der Waals surface area (Å²) in [6.45, 7) is 2.29. The van der Waals surface area contributed by atoms with Crippen LogP contribution in [0.2, 0.25) is 5.02 Å². The molecule has 5 nitrogen and oxygen atoms in total. The van der Waals surface area contributed by atoms with Crippen molar-refractivity contribution >= 4 is 23.2 Å². The van der Waals surface area contributed by atoms with Gasteiger partial charge in [0.05, 0.1) is 11.0 Å². The SMILES string of the molecule is Cc1cccc2c1C(=O)N(Cc1ccc([N+](=O)[O-])cc1)C2c1ccc(Cl)cc1. The zero-order chi connectivity index (χ0) is 19.8. The molecule has 140 valence electrons. The number of hydrogen-bond donors (Lipinski definition) is 0. The van der Waals surface area contributed by atoms with Crippen molar-refractivity contribution in [2.75, 3.05) is 0 Å². The highest BCUT2D eigenvalue weighted by Crippen LogP contribution is 2.41. The van der Waals surface area contributed by atoms with E-state index in [0.717, 1.165) is 27.8 Å².